The number of aromatic carboxylic acids is 1. The number of fused-ring (bicyclic) bond motifs is 1. The van der Waals surface area contributed by atoms with Crippen LogP contribution in [0.15, 0.2) is 36.4 Å². The molecule has 32 heavy (non-hydrogen) atoms. The zero-order valence-corrected chi connectivity index (χ0v) is 17.8. The SMILES string of the molecule is [2H]C1(c2ccc(O)c(C34CC5CC(CC(C5)C3)C4)c2)C=C(O)c2cc(C(=O)O)cc(O)c2C1. The van der Waals surface area contributed by atoms with E-state index < -0.39 is 11.9 Å². The second-order valence-electron chi connectivity index (χ2n) is 10.5. The molecule has 0 radical (unpaired) electrons. The van der Waals surface area contributed by atoms with E-state index in [0.29, 0.717) is 11.1 Å². The molecule has 4 bridgehead atoms. The number of phenols is 2. The monoisotopic (exact) mass is 433 g/mol. The van der Waals surface area contributed by atoms with Crippen LogP contribution in [-0.4, -0.2) is 26.4 Å². The zero-order chi connectivity index (χ0) is 23.1. The number of benzene rings is 2. The molecule has 4 saturated carbocycles. The van der Waals surface area contributed by atoms with Crippen molar-refractivity contribution in [2.45, 2.75) is 56.3 Å². The summed E-state index contributed by atoms with van der Waals surface area (Å²) in [5.41, 5.74) is 2.04. The number of allylic oxidation sites excluding steroid dienone is 1. The molecule has 166 valence electrons. The van der Waals surface area contributed by atoms with Gasteiger partial charge in [0.15, 0.2) is 0 Å². The van der Waals surface area contributed by atoms with Crippen molar-refractivity contribution < 1.29 is 26.6 Å². The molecule has 5 nitrogen and oxygen atoms in total. The first-order valence-electron chi connectivity index (χ1n) is 12.0. The number of aromatic hydroxyl groups is 2. The highest BCUT2D eigenvalue weighted by molar-refractivity contribution is 5.90. The van der Waals surface area contributed by atoms with Gasteiger partial charge in [-0.1, -0.05) is 12.1 Å². The average molecular weight is 434 g/mol. The van der Waals surface area contributed by atoms with Crippen LogP contribution in [0.3, 0.4) is 0 Å². The molecule has 0 amide bonds. The van der Waals surface area contributed by atoms with Gasteiger partial charge in [0, 0.05) is 24.0 Å². The van der Waals surface area contributed by atoms with Crippen LogP contribution in [0, 0.1) is 17.8 Å². The van der Waals surface area contributed by atoms with E-state index >= 15 is 0 Å². The number of phenolic OH excluding ortho intramolecular Hbond substituents is 2. The van der Waals surface area contributed by atoms with Gasteiger partial charge in [-0.15, -0.1) is 0 Å². The third kappa shape index (κ3) is 2.94. The van der Waals surface area contributed by atoms with Crippen LogP contribution in [0.4, 0.5) is 0 Å². The van der Waals surface area contributed by atoms with E-state index in [1.807, 2.05) is 6.07 Å². The quantitative estimate of drug-likeness (QED) is 0.512. The Hall–Kier alpha value is -2.95. The summed E-state index contributed by atoms with van der Waals surface area (Å²) in [5, 5.41) is 41.4. The highest BCUT2D eigenvalue weighted by Gasteiger charge is 2.52. The maximum atomic E-state index is 11.4. The lowest BCUT2D eigenvalue weighted by Crippen LogP contribution is -2.48. The highest BCUT2D eigenvalue weighted by atomic mass is 16.4. The van der Waals surface area contributed by atoms with Crippen LogP contribution >= 0.6 is 0 Å². The van der Waals surface area contributed by atoms with Crippen molar-refractivity contribution >= 4 is 11.7 Å². The number of carboxylic acid groups (broad SMARTS) is 1. The first-order valence-corrected chi connectivity index (χ1v) is 11.5. The van der Waals surface area contributed by atoms with E-state index in [9.17, 15) is 26.6 Å². The van der Waals surface area contributed by atoms with Gasteiger partial charge < -0.3 is 20.4 Å². The number of rotatable bonds is 3. The number of aliphatic hydroxyl groups excluding tert-OH is 1. The van der Waals surface area contributed by atoms with Crippen molar-refractivity contribution in [2.75, 3.05) is 0 Å². The lowest BCUT2D eigenvalue weighted by atomic mass is 9.48. The Kier molecular flexibility index (Phi) is 3.94. The summed E-state index contributed by atoms with van der Waals surface area (Å²) in [6.07, 6.45) is 8.68. The minimum Gasteiger partial charge on any atom is -0.508 e. The Balaban J connectivity index is 1.42. The molecule has 1 unspecified atom stereocenters. The molecule has 5 aliphatic carbocycles. The van der Waals surface area contributed by atoms with Crippen LogP contribution in [0.5, 0.6) is 11.5 Å². The fourth-order valence-electron chi connectivity index (χ4n) is 7.47. The third-order valence-electron chi connectivity index (χ3n) is 8.40. The zero-order valence-electron chi connectivity index (χ0n) is 18.8. The summed E-state index contributed by atoms with van der Waals surface area (Å²) < 4.78 is 9.22. The minimum absolute atomic E-state index is 0.0396. The second kappa shape index (κ2) is 6.77. The maximum Gasteiger partial charge on any atom is 0.335 e. The fraction of sp³-hybridized carbons (Fsp3) is 0.444. The molecule has 5 aliphatic rings. The first-order chi connectivity index (χ1) is 15.7. The molecule has 7 rings (SSSR count). The molecular formula is C27H28O5. The first kappa shape index (κ1) is 18.6. The number of hydrogen-bond acceptors (Lipinski definition) is 4. The van der Waals surface area contributed by atoms with E-state index in [-0.39, 0.29) is 40.2 Å². The number of carbonyl (C=O) groups is 1. The van der Waals surface area contributed by atoms with Crippen molar-refractivity contribution in [2.24, 2.45) is 17.8 Å². The summed E-state index contributed by atoms with van der Waals surface area (Å²) >= 11 is 0. The van der Waals surface area contributed by atoms with Crippen LogP contribution in [0.1, 0.15) is 78.4 Å². The Morgan fingerprint density at radius 1 is 0.938 bits per heavy atom. The van der Waals surface area contributed by atoms with E-state index in [1.165, 1.54) is 31.4 Å². The molecule has 1 atom stereocenters. The predicted octanol–water partition coefficient (Wildman–Crippen LogP) is 5.50. The molecule has 0 spiro atoms. The molecule has 2 aromatic rings. The molecule has 0 heterocycles. The van der Waals surface area contributed by atoms with Crippen LogP contribution in [0.25, 0.3) is 5.76 Å². The van der Waals surface area contributed by atoms with Crippen molar-refractivity contribution in [3.63, 3.8) is 0 Å². The summed E-state index contributed by atoms with van der Waals surface area (Å²) in [6.45, 7) is 0. The van der Waals surface area contributed by atoms with Gasteiger partial charge in [-0.25, -0.2) is 4.79 Å². The summed E-state index contributed by atoms with van der Waals surface area (Å²) in [6, 6.07) is 7.85. The van der Waals surface area contributed by atoms with E-state index in [0.717, 1.165) is 48.6 Å². The molecule has 0 aromatic heterocycles. The molecule has 4 N–H and O–H groups in total. The number of aliphatic hydroxyl groups is 1. The van der Waals surface area contributed by atoms with Gasteiger partial charge in [0.2, 0.25) is 0 Å². The number of carboxylic acids is 1. The average Bonchev–Trinajstić information content (AvgIpc) is 2.73. The largest absolute Gasteiger partial charge is 0.508 e. The summed E-state index contributed by atoms with van der Waals surface area (Å²) in [4.78, 5) is 11.4. The number of hydrogen-bond donors (Lipinski definition) is 4. The van der Waals surface area contributed by atoms with Crippen molar-refractivity contribution in [1.82, 2.24) is 0 Å². The Morgan fingerprint density at radius 3 is 2.22 bits per heavy atom. The van der Waals surface area contributed by atoms with Gasteiger partial charge in [-0.05, 0) is 98.0 Å². The van der Waals surface area contributed by atoms with Gasteiger partial charge >= 0.3 is 5.97 Å². The normalized spacial score (nSPS) is 35.2. The molecule has 2 aromatic carbocycles. The summed E-state index contributed by atoms with van der Waals surface area (Å²) in [7, 11) is 0. The van der Waals surface area contributed by atoms with Crippen molar-refractivity contribution in [3.8, 4) is 11.5 Å². The topological polar surface area (TPSA) is 98.0 Å². The van der Waals surface area contributed by atoms with Crippen LogP contribution in [0.2, 0.25) is 0 Å². The second-order valence-corrected chi connectivity index (χ2v) is 10.5. The lowest BCUT2D eigenvalue weighted by Gasteiger charge is -2.57. The molecular weight excluding hydrogens is 404 g/mol. The fourth-order valence-corrected chi connectivity index (χ4v) is 7.47. The third-order valence-corrected chi connectivity index (χ3v) is 8.40. The Bertz CT molecular complexity index is 1180. The van der Waals surface area contributed by atoms with Crippen molar-refractivity contribution in [3.05, 3.63) is 64.2 Å². The minimum atomic E-state index is -1.34. The van der Waals surface area contributed by atoms with Gasteiger partial charge in [0.1, 0.15) is 17.3 Å². The Morgan fingerprint density at radius 2 is 1.59 bits per heavy atom. The Labute approximate surface area is 188 Å². The molecule has 5 heteroatoms. The predicted molar refractivity (Wildman–Crippen MR) is 120 cm³/mol. The lowest BCUT2D eigenvalue weighted by molar-refractivity contribution is -0.00617. The maximum absolute atomic E-state index is 11.4. The van der Waals surface area contributed by atoms with Gasteiger partial charge in [-0.3, -0.25) is 0 Å². The highest BCUT2D eigenvalue weighted by Crippen LogP contribution is 2.62. The van der Waals surface area contributed by atoms with Crippen LogP contribution < -0.4 is 0 Å². The molecule has 4 fully saturated rings. The van der Waals surface area contributed by atoms with Gasteiger partial charge in [0.05, 0.1) is 5.56 Å². The van der Waals surface area contributed by atoms with Gasteiger partial charge in [0.25, 0.3) is 0 Å². The molecule has 0 aliphatic heterocycles. The van der Waals surface area contributed by atoms with Crippen LogP contribution in [-0.2, 0) is 11.8 Å². The summed E-state index contributed by atoms with van der Waals surface area (Å²) in [5.74, 6) is -0.551. The smallest absolute Gasteiger partial charge is 0.335 e. The van der Waals surface area contributed by atoms with Gasteiger partial charge in [-0.2, -0.15) is 0 Å². The standard InChI is InChI=1S/C27H28O5/c28-23-2-1-17(8-22(23)27-11-14-3-15(12-27)5-16(4-14)13-27)18-6-20-21(24(29)9-18)7-19(26(31)32)10-25(20)30/h1-2,7-10,14-16,18,28-30H,3-6,11-13H2,(H,31,32)/i18D. The van der Waals surface area contributed by atoms with Crippen molar-refractivity contribution in [1.29, 1.82) is 0 Å². The molecule has 0 saturated heterocycles. The van der Waals surface area contributed by atoms with E-state index in [4.69, 9.17) is 0 Å². The van der Waals surface area contributed by atoms with E-state index in [1.54, 1.807) is 12.1 Å². The van der Waals surface area contributed by atoms with E-state index in [2.05, 4.69) is 0 Å².